The Hall–Kier alpha value is -1.36. The summed E-state index contributed by atoms with van der Waals surface area (Å²) in [6.45, 7) is 0. The third kappa shape index (κ3) is 8.35. The zero-order valence-corrected chi connectivity index (χ0v) is 16.8. The molecule has 5 heteroatoms. The van der Waals surface area contributed by atoms with Crippen molar-refractivity contribution in [2.45, 2.75) is 82.4 Å². The van der Waals surface area contributed by atoms with E-state index < -0.39 is 9.84 Å². The maximum Gasteiger partial charge on any atom is 0.251 e. The first kappa shape index (κ1) is 20.9. The number of hydrogen-bond donors (Lipinski definition) is 1. The summed E-state index contributed by atoms with van der Waals surface area (Å²) in [6, 6.07) is 7.17. The minimum absolute atomic E-state index is 0.0114. The maximum absolute atomic E-state index is 12.6. The van der Waals surface area contributed by atoms with Gasteiger partial charge in [0.15, 0.2) is 9.84 Å². The van der Waals surface area contributed by atoms with E-state index in [-0.39, 0.29) is 17.7 Å². The summed E-state index contributed by atoms with van der Waals surface area (Å²) in [4.78, 5) is 12.6. The highest BCUT2D eigenvalue weighted by atomic mass is 32.2. The molecule has 1 aromatic carbocycles. The van der Waals surface area contributed by atoms with Gasteiger partial charge in [-0.2, -0.15) is 0 Å². The molecular formula is C21H33NO3S. The molecule has 0 heterocycles. The third-order valence-electron chi connectivity index (χ3n) is 5.09. The van der Waals surface area contributed by atoms with E-state index in [0.29, 0.717) is 5.56 Å². The second kappa shape index (κ2) is 10.7. The van der Waals surface area contributed by atoms with Crippen molar-refractivity contribution < 1.29 is 13.2 Å². The molecule has 1 aliphatic rings. The number of amides is 1. The highest BCUT2D eigenvalue weighted by Crippen LogP contribution is 2.17. The monoisotopic (exact) mass is 379 g/mol. The van der Waals surface area contributed by atoms with Gasteiger partial charge in [-0.1, -0.05) is 69.9 Å². The first-order chi connectivity index (χ1) is 12.4. The first-order valence-corrected chi connectivity index (χ1v) is 12.1. The quantitative estimate of drug-likeness (QED) is 0.829. The van der Waals surface area contributed by atoms with E-state index in [1.54, 1.807) is 24.3 Å². The number of hydrogen-bond acceptors (Lipinski definition) is 3. The van der Waals surface area contributed by atoms with Gasteiger partial charge in [0.25, 0.3) is 5.91 Å². The van der Waals surface area contributed by atoms with E-state index >= 15 is 0 Å². The molecule has 0 bridgehead atoms. The molecule has 0 radical (unpaired) electrons. The van der Waals surface area contributed by atoms with Crippen molar-refractivity contribution in [2.24, 2.45) is 0 Å². The Morgan fingerprint density at radius 1 is 0.885 bits per heavy atom. The van der Waals surface area contributed by atoms with Crippen LogP contribution < -0.4 is 5.32 Å². The summed E-state index contributed by atoms with van der Waals surface area (Å²) in [5.41, 5.74) is 1.32. The number of carbonyl (C=O) groups excluding carboxylic acids is 1. The summed E-state index contributed by atoms with van der Waals surface area (Å²) >= 11 is 0. The van der Waals surface area contributed by atoms with Crippen LogP contribution in [0, 0.1) is 0 Å². The van der Waals surface area contributed by atoms with Gasteiger partial charge in [0.1, 0.15) is 0 Å². The number of sulfone groups is 1. The van der Waals surface area contributed by atoms with Crippen LogP contribution in [0.3, 0.4) is 0 Å². The Balaban J connectivity index is 1.90. The molecule has 0 unspecified atom stereocenters. The van der Waals surface area contributed by atoms with Crippen LogP contribution >= 0.6 is 0 Å². The summed E-state index contributed by atoms with van der Waals surface area (Å²) in [5, 5.41) is 3.20. The van der Waals surface area contributed by atoms with Crippen LogP contribution in [0.1, 0.15) is 86.6 Å². The standard InChI is InChI=1S/C21H33NO3S/c1-26(24,25)17-18-13-15-19(16-14-18)21(23)22-20-11-9-7-5-3-2-4-6-8-10-12-20/h13-16,20H,2-12,17H2,1H3,(H,22,23). The first-order valence-electron chi connectivity index (χ1n) is 10.0. The summed E-state index contributed by atoms with van der Waals surface area (Å²) in [7, 11) is -3.05. The van der Waals surface area contributed by atoms with Crippen LogP contribution in [-0.4, -0.2) is 26.6 Å². The molecule has 0 atom stereocenters. The van der Waals surface area contributed by atoms with Gasteiger partial charge in [-0.05, 0) is 30.5 Å². The SMILES string of the molecule is CS(=O)(=O)Cc1ccc(C(=O)NC2CCCCCCCCCCC2)cc1. The van der Waals surface area contributed by atoms with Gasteiger partial charge in [-0.3, -0.25) is 4.79 Å². The van der Waals surface area contributed by atoms with Crippen molar-refractivity contribution >= 4 is 15.7 Å². The lowest BCUT2D eigenvalue weighted by atomic mass is 9.97. The third-order valence-corrected chi connectivity index (χ3v) is 5.94. The largest absolute Gasteiger partial charge is 0.349 e. The van der Waals surface area contributed by atoms with E-state index in [0.717, 1.165) is 18.4 Å². The number of nitrogens with one attached hydrogen (secondary N) is 1. The van der Waals surface area contributed by atoms with Gasteiger partial charge in [0.2, 0.25) is 0 Å². The van der Waals surface area contributed by atoms with Gasteiger partial charge in [0, 0.05) is 17.9 Å². The summed E-state index contributed by atoms with van der Waals surface area (Å²) in [5.74, 6) is -0.0367. The van der Waals surface area contributed by atoms with Crippen LogP contribution in [0.15, 0.2) is 24.3 Å². The fraction of sp³-hybridized carbons (Fsp3) is 0.667. The summed E-state index contributed by atoms with van der Waals surface area (Å²) in [6.07, 6.45) is 14.9. The van der Waals surface area contributed by atoms with Crippen molar-refractivity contribution in [3.05, 3.63) is 35.4 Å². The minimum Gasteiger partial charge on any atom is -0.349 e. The molecule has 146 valence electrons. The zero-order chi connectivity index (χ0) is 18.8. The molecule has 1 fully saturated rings. The van der Waals surface area contributed by atoms with E-state index in [1.165, 1.54) is 64.0 Å². The van der Waals surface area contributed by atoms with Crippen molar-refractivity contribution in [3.8, 4) is 0 Å². The van der Waals surface area contributed by atoms with Gasteiger partial charge >= 0.3 is 0 Å². The number of benzene rings is 1. The molecule has 4 nitrogen and oxygen atoms in total. The van der Waals surface area contributed by atoms with Crippen LogP contribution in [0.25, 0.3) is 0 Å². The zero-order valence-electron chi connectivity index (χ0n) is 16.0. The predicted molar refractivity (Wildman–Crippen MR) is 107 cm³/mol. The second-order valence-electron chi connectivity index (χ2n) is 7.70. The van der Waals surface area contributed by atoms with Crippen LogP contribution in [0.2, 0.25) is 0 Å². The number of rotatable bonds is 4. The molecule has 0 aromatic heterocycles. The lowest BCUT2D eigenvalue weighted by molar-refractivity contribution is 0.0931. The van der Waals surface area contributed by atoms with Crippen LogP contribution in [-0.2, 0) is 15.6 Å². The van der Waals surface area contributed by atoms with E-state index in [4.69, 9.17) is 0 Å². The van der Waals surface area contributed by atoms with Gasteiger partial charge < -0.3 is 5.32 Å². The molecule has 0 saturated heterocycles. The average molecular weight is 380 g/mol. The second-order valence-corrected chi connectivity index (χ2v) is 9.84. The number of carbonyl (C=O) groups is 1. The van der Waals surface area contributed by atoms with Gasteiger partial charge in [-0.25, -0.2) is 8.42 Å². The maximum atomic E-state index is 12.6. The average Bonchev–Trinajstić information content (AvgIpc) is 2.56. The normalized spacial score (nSPS) is 18.5. The molecule has 0 spiro atoms. The molecule has 1 aromatic rings. The molecule has 1 aliphatic carbocycles. The Bertz CT molecular complexity index is 640. The molecule has 2 rings (SSSR count). The van der Waals surface area contributed by atoms with E-state index in [1.807, 2.05) is 0 Å². The Morgan fingerprint density at radius 3 is 1.81 bits per heavy atom. The van der Waals surface area contributed by atoms with Gasteiger partial charge in [-0.15, -0.1) is 0 Å². The van der Waals surface area contributed by atoms with Crippen LogP contribution in [0.4, 0.5) is 0 Å². The molecule has 1 N–H and O–H groups in total. The summed E-state index contributed by atoms with van der Waals surface area (Å²) < 4.78 is 22.7. The highest BCUT2D eigenvalue weighted by molar-refractivity contribution is 7.89. The van der Waals surface area contributed by atoms with Gasteiger partial charge in [0.05, 0.1) is 5.75 Å². The predicted octanol–water partition coefficient (Wildman–Crippen LogP) is 4.63. The minimum atomic E-state index is -3.05. The lowest BCUT2D eigenvalue weighted by Crippen LogP contribution is -2.34. The highest BCUT2D eigenvalue weighted by Gasteiger charge is 2.14. The van der Waals surface area contributed by atoms with Crippen molar-refractivity contribution in [1.29, 1.82) is 0 Å². The smallest absolute Gasteiger partial charge is 0.251 e. The lowest BCUT2D eigenvalue weighted by Gasteiger charge is -2.19. The molecule has 1 amide bonds. The van der Waals surface area contributed by atoms with Crippen molar-refractivity contribution in [1.82, 2.24) is 5.32 Å². The molecule has 1 saturated carbocycles. The van der Waals surface area contributed by atoms with E-state index in [9.17, 15) is 13.2 Å². The Morgan fingerprint density at radius 2 is 1.35 bits per heavy atom. The van der Waals surface area contributed by atoms with E-state index in [2.05, 4.69) is 5.32 Å². The molecular weight excluding hydrogens is 346 g/mol. The van der Waals surface area contributed by atoms with Crippen molar-refractivity contribution in [2.75, 3.05) is 6.26 Å². The topological polar surface area (TPSA) is 63.2 Å². The Kier molecular flexibility index (Phi) is 8.63. The molecule has 26 heavy (non-hydrogen) atoms. The molecule has 0 aliphatic heterocycles. The Labute approximate surface area is 158 Å². The van der Waals surface area contributed by atoms with Crippen LogP contribution in [0.5, 0.6) is 0 Å². The fourth-order valence-corrected chi connectivity index (χ4v) is 4.43. The fourth-order valence-electron chi connectivity index (χ4n) is 3.63. The van der Waals surface area contributed by atoms with Crippen molar-refractivity contribution in [3.63, 3.8) is 0 Å².